The zero-order valence-electron chi connectivity index (χ0n) is 12.2. The van der Waals surface area contributed by atoms with Crippen LogP contribution >= 0.6 is 8.15 Å². The Labute approximate surface area is 155 Å². The summed E-state index contributed by atoms with van der Waals surface area (Å²) in [6, 6.07) is 27.1. The van der Waals surface area contributed by atoms with E-state index in [4.69, 9.17) is 3.97 Å². The van der Waals surface area contributed by atoms with Crippen LogP contribution < -0.4 is 10.6 Å². The molecule has 0 atom stereocenters. The van der Waals surface area contributed by atoms with Gasteiger partial charge in [-0.3, -0.25) is 0 Å². The van der Waals surface area contributed by atoms with Crippen molar-refractivity contribution in [2.24, 2.45) is 0 Å². The van der Waals surface area contributed by atoms with E-state index in [1.165, 1.54) is 0 Å². The fourth-order valence-corrected chi connectivity index (χ4v) is 5.58. The van der Waals surface area contributed by atoms with Gasteiger partial charge in [-0.1, -0.05) is 78.9 Å². The predicted octanol–water partition coefficient (Wildman–Crippen LogP) is 2.79. The molecule has 118 valence electrons. The first-order valence-corrected chi connectivity index (χ1v) is 9.73. The SMILES string of the molecule is O=S(=O)(OP(c1ccccc1)c1ccccc1)c1ccccc1.[LiH]. The monoisotopic (exact) mass is 350 g/mol. The van der Waals surface area contributed by atoms with Crippen molar-refractivity contribution in [3.8, 4) is 0 Å². The van der Waals surface area contributed by atoms with E-state index in [1.807, 2.05) is 60.7 Å². The fourth-order valence-electron chi connectivity index (χ4n) is 2.09. The Bertz CT molecular complexity index is 817. The summed E-state index contributed by atoms with van der Waals surface area (Å²) in [6.07, 6.45) is 0. The third kappa shape index (κ3) is 4.57. The van der Waals surface area contributed by atoms with Crippen LogP contribution in [0.15, 0.2) is 95.9 Å². The van der Waals surface area contributed by atoms with Crippen molar-refractivity contribution in [3.05, 3.63) is 91.0 Å². The molecule has 3 aromatic carbocycles. The van der Waals surface area contributed by atoms with Gasteiger partial charge in [0.15, 0.2) is 0 Å². The Hall–Kier alpha value is -1.40. The summed E-state index contributed by atoms with van der Waals surface area (Å²) >= 11 is 0. The summed E-state index contributed by atoms with van der Waals surface area (Å²) in [5.41, 5.74) is 0. The molecule has 0 bridgehead atoms. The molecule has 6 heteroatoms. The van der Waals surface area contributed by atoms with Crippen LogP contribution in [0.3, 0.4) is 0 Å². The fraction of sp³-hybridized carbons (Fsp3) is 0. The van der Waals surface area contributed by atoms with E-state index in [0.29, 0.717) is 0 Å². The van der Waals surface area contributed by atoms with Gasteiger partial charge >= 0.3 is 29.0 Å². The molecule has 0 saturated carbocycles. The van der Waals surface area contributed by atoms with E-state index in [-0.39, 0.29) is 23.8 Å². The summed E-state index contributed by atoms with van der Waals surface area (Å²) in [5, 5.41) is 1.71. The van der Waals surface area contributed by atoms with Crippen LogP contribution in [0.2, 0.25) is 0 Å². The molecule has 0 fully saturated rings. The minimum absolute atomic E-state index is 0. The zero-order chi connectivity index (χ0) is 16.1. The first kappa shape index (κ1) is 18.9. The second-order valence-electron chi connectivity index (χ2n) is 4.81. The molecule has 0 spiro atoms. The molecule has 0 aliphatic carbocycles. The maximum atomic E-state index is 12.6. The van der Waals surface area contributed by atoms with Crippen molar-refractivity contribution < 1.29 is 12.4 Å². The van der Waals surface area contributed by atoms with Gasteiger partial charge in [0.25, 0.3) is 0 Å². The van der Waals surface area contributed by atoms with Crippen molar-refractivity contribution in [3.63, 3.8) is 0 Å². The molecule has 0 aliphatic rings. The second-order valence-corrected chi connectivity index (χ2v) is 8.40. The summed E-state index contributed by atoms with van der Waals surface area (Å²) in [5.74, 6) is 0. The van der Waals surface area contributed by atoms with E-state index < -0.39 is 18.3 Å². The number of benzene rings is 3. The van der Waals surface area contributed by atoms with Crippen LogP contribution in [0.4, 0.5) is 0 Å². The molecule has 0 saturated heterocycles. The van der Waals surface area contributed by atoms with E-state index in [1.54, 1.807) is 30.3 Å². The first-order chi connectivity index (χ1) is 11.2. The number of hydrogen-bond acceptors (Lipinski definition) is 3. The van der Waals surface area contributed by atoms with Gasteiger partial charge in [0.05, 0.1) is 4.90 Å². The maximum absolute atomic E-state index is 12.6. The molecule has 0 unspecified atom stereocenters. The van der Waals surface area contributed by atoms with Gasteiger partial charge in [0.2, 0.25) is 0 Å². The number of rotatable bonds is 5. The molecule has 0 radical (unpaired) electrons. The molecular formula is C18H16LiO3PS. The van der Waals surface area contributed by atoms with Gasteiger partial charge < -0.3 is 0 Å². The van der Waals surface area contributed by atoms with E-state index in [9.17, 15) is 8.42 Å². The van der Waals surface area contributed by atoms with Gasteiger partial charge in [-0.2, -0.15) is 8.42 Å². The van der Waals surface area contributed by atoms with Crippen molar-refractivity contribution in [1.29, 1.82) is 0 Å². The molecule has 0 N–H and O–H groups in total. The van der Waals surface area contributed by atoms with Crippen molar-refractivity contribution in [2.75, 3.05) is 0 Å². The zero-order valence-corrected chi connectivity index (χ0v) is 14.0. The van der Waals surface area contributed by atoms with Crippen LogP contribution in [0.1, 0.15) is 0 Å². The van der Waals surface area contributed by atoms with Crippen LogP contribution in [-0.4, -0.2) is 27.3 Å². The van der Waals surface area contributed by atoms with Gasteiger partial charge in [0.1, 0.15) is 8.15 Å². The molecule has 3 rings (SSSR count). The van der Waals surface area contributed by atoms with Gasteiger partial charge in [-0.25, -0.2) is 3.97 Å². The van der Waals surface area contributed by atoms with Crippen molar-refractivity contribution in [1.82, 2.24) is 0 Å². The Morgan fingerprint density at radius 3 is 1.42 bits per heavy atom. The average molecular weight is 350 g/mol. The molecule has 0 aliphatic heterocycles. The van der Waals surface area contributed by atoms with Crippen LogP contribution in [0.25, 0.3) is 0 Å². The molecular weight excluding hydrogens is 334 g/mol. The molecule has 3 nitrogen and oxygen atoms in total. The van der Waals surface area contributed by atoms with Gasteiger partial charge in [-0.05, 0) is 12.1 Å². The molecule has 24 heavy (non-hydrogen) atoms. The van der Waals surface area contributed by atoms with Crippen molar-refractivity contribution in [2.45, 2.75) is 4.90 Å². The first-order valence-electron chi connectivity index (χ1n) is 7.07. The number of hydrogen-bond donors (Lipinski definition) is 0. The van der Waals surface area contributed by atoms with E-state index in [0.717, 1.165) is 10.6 Å². The van der Waals surface area contributed by atoms with E-state index in [2.05, 4.69) is 0 Å². The average Bonchev–Trinajstić information content (AvgIpc) is 2.62. The van der Waals surface area contributed by atoms with Gasteiger partial charge in [-0.15, -0.1) is 0 Å². The Morgan fingerprint density at radius 2 is 1.00 bits per heavy atom. The van der Waals surface area contributed by atoms with E-state index >= 15 is 0 Å². The Balaban J connectivity index is 0.00000208. The molecule has 0 aromatic heterocycles. The van der Waals surface area contributed by atoms with Crippen LogP contribution in [-0.2, 0) is 14.1 Å². The Kier molecular flexibility index (Phi) is 6.80. The van der Waals surface area contributed by atoms with Gasteiger partial charge in [0, 0.05) is 10.6 Å². The summed E-state index contributed by atoms with van der Waals surface area (Å²) in [7, 11) is -5.28. The standard InChI is InChI=1S/C18H15O3PS.Li.H/c19-23(20,18-14-8-3-9-15-18)21-22(16-10-4-1-5-11-16)17-12-6-2-7-13-17;;/h1-15H;;. The molecule has 0 amide bonds. The third-order valence-corrected chi connectivity index (χ3v) is 6.95. The molecule has 0 heterocycles. The minimum atomic E-state index is -3.83. The summed E-state index contributed by atoms with van der Waals surface area (Å²) in [6.45, 7) is 0. The summed E-state index contributed by atoms with van der Waals surface area (Å²) in [4.78, 5) is 0.166. The predicted molar refractivity (Wildman–Crippen MR) is 101 cm³/mol. The topological polar surface area (TPSA) is 43.4 Å². The second kappa shape index (κ2) is 8.62. The normalized spacial score (nSPS) is 11.0. The quantitative estimate of drug-likeness (QED) is 0.525. The Morgan fingerprint density at radius 1 is 0.625 bits per heavy atom. The van der Waals surface area contributed by atoms with Crippen molar-refractivity contribution >= 4 is 47.7 Å². The van der Waals surface area contributed by atoms with Crippen LogP contribution in [0.5, 0.6) is 0 Å². The third-order valence-electron chi connectivity index (χ3n) is 3.19. The van der Waals surface area contributed by atoms with Crippen LogP contribution in [0, 0.1) is 0 Å². The summed E-state index contributed by atoms with van der Waals surface area (Å²) < 4.78 is 30.8. The molecule has 3 aromatic rings.